The van der Waals surface area contributed by atoms with Gasteiger partial charge in [-0.2, -0.15) is 0 Å². The number of amides is 1. The number of carbonyl (C=O) groups excluding carboxylic acids is 1. The van der Waals surface area contributed by atoms with Gasteiger partial charge in [-0.05, 0) is 49.9 Å². The van der Waals surface area contributed by atoms with Crippen LogP contribution >= 0.6 is 0 Å². The second kappa shape index (κ2) is 7.72. The number of hydrogen-bond acceptors (Lipinski definition) is 4. The van der Waals surface area contributed by atoms with Crippen LogP contribution in [0.4, 0.5) is 4.39 Å². The summed E-state index contributed by atoms with van der Waals surface area (Å²) in [6.45, 7) is 1.87. The lowest BCUT2D eigenvalue weighted by Gasteiger charge is -2.35. The summed E-state index contributed by atoms with van der Waals surface area (Å²) >= 11 is 0. The Hall–Kier alpha value is -1.63. The van der Waals surface area contributed by atoms with Crippen LogP contribution in [0.3, 0.4) is 0 Å². The molecular formula is C18H24FNO4S. The van der Waals surface area contributed by atoms with E-state index in [0.717, 1.165) is 19.4 Å². The molecule has 0 aromatic heterocycles. The Balaban J connectivity index is 1.50. The number of nitrogens with zero attached hydrogens (tertiary/aromatic N) is 1. The molecule has 25 heavy (non-hydrogen) atoms. The van der Waals surface area contributed by atoms with Gasteiger partial charge in [0.25, 0.3) is 0 Å². The molecule has 2 aliphatic rings. The molecule has 0 bridgehead atoms. The first-order chi connectivity index (χ1) is 11.9. The lowest BCUT2D eigenvalue weighted by Crippen LogP contribution is -2.45. The van der Waals surface area contributed by atoms with Gasteiger partial charge in [-0.15, -0.1) is 0 Å². The molecule has 1 unspecified atom stereocenters. The number of sulfone groups is 1. The van der Waals surface area contributed by atoms with E-state index in [1.54, 1.807) is 12.1 Å². The predicted octanol–water partition coefficient (Wildman–Crippen LogP) is 2.27. The van der Waals surface area contributed by atoms with Crippen molar-refractivity contribution in [3.8, 4) is 5.75 Å². The Morgan fingerprint density at radius 3 is 2.52 bits per heavy atom. The SMILES string of the molecule is O=C(C1CCS(=O)(=O)CC1)N1CCCC(COc2ccc(F)cc2)C1. The van der Waals surface area contributed by atoms with Gasteiger partial charge < -0.3 is 9.64 Å². The van der Waals surface area contributed by atoms with Gasteiger partial charge in [0.2, 0.25) is 5.91 Å². The second-order valence-corrected chi connectivity index (χ2v) is 9.29. The molecule has 5 nitrogen and oxygen atoms in total. The summed E-state index contributed by atoms with van der Waals surface area (Å²) in [5.74, 6) is 0.735. The van der Waals surface area contributed by atoms with Crippen molar-refractivity contribution in [2.24, 2.45) is 11.8 Å². The topological polar surface area (TPSA) is 63.7 Å². The van der Waals surface area contributed by atoms with E-state index < -0.39 is 9.84 Å². The minimum Gasteiger partial charge on any atom is -0.493 e. The van der Waals surface area contributed by atoms with Crippen molar-refractivity contribution < 1.29 is 22.3 Å². The van der Waals surface area contributed by atoms with Gasteiger partial charge in [-0.1, -0.05) is 0 Å². The normalized spacial score (nSPS) is 24.0. The first kappa shape index (κ1) is 18.2. The summed E-state index contributed by atoms with van der Waals surface area (Å²) in [6, 6.07) is 5.93. The molecule has 3 rings (SSSR count). The molecule has 0 N–H and O–H groups in total. The summed E-state index contributed by atoms with van der Waals surface area (Å²) in [7, 11) is -2.95. The Bertz CT molecular complexity index is 690. The molecule has 2 saturated heterocycles. The molecule has 0 radical (unpaired) electrons. The Morgan fingerprint density at radius 2 is 1.84 bits per heavy atom. The summed E-state index contributed by atoms with van der Waals surface area (Å²) in [4.78, 5) is 14.5. The Kier molecular flexibility index (Phi) is 5.61. The van der Waals surface area contributed by atoms with E-state index in [0.29, 0.717) is 31.7 Å². The third-order valence-electron chi connectivity index (χ3n) is 5.03. The van der Waals surface area contributed by atoms with Crippen molar-refractivity contribution >= 4 is 15.7 Å². The maximum atomic E-state index is 12.9. The van der Waals surface area contributed by atoms with Crippen molar-refractivity contribution in [2.45, 2.75) is 25.7 Å². The highest BCUT2D eigenvalue weighted by atomic mass is 32.2. The number of piperidine rings is 1. The van der Waals surface area contributed by atoms with Crippen LogP contribution in [0.1, 0.15) is 25.7 Å². The summed E-state index contributed by atoms with van der Waals surface area (Å²) in [5.41, 5.74) is 0. The van der Waals surface area contributed by atoms with Crippen LogP contribution in [-0.4, -0.2) is 50.4 Å². The van der Waals surface area contributed by atoms with Crippen LogP contribution in [0.2, 0.25) is 0 Å². The summed E-state index contributed by atoms with van der Waals surface area (Å²) in [5, 5.41) is 0. The summed E-state index contributed by atoms with van der Waals surface area (Å²) < 4.78 is 41.7. The molecule has 1 aromatic carbocycles. The first-order valence-electron chi connectivity index (χ1n) is 8.80. The van der Waals surface area contributed by atoms with Crippen LogP contribution in [0.5, 0.6) is 5.75 Å². The molecule has 7 heteroatoms. The highest BCUT2D eigenvalue weighted by molar-refractivity contribution is 7.91. The molecule has 2 fully saturated rings. The molecule has 1 aromatic rings. The number of likely N-dealkylation sites (tertiary alicyclic amines) is 1. The molecule has 1 atom stereocenters. The molecule has 138 valence electrons. The maximum absolute atomic E-state index is 12.9. The molecule has 0 spiro atoms. The highest BCUT2D eigenvalue weighted by Gasteiger charge is 2.33. The zero-order chi connectivity index (χ0) is 17.9. The zero-order valence-corrected chi connectivity index (χ0v) is 15.0. The Labute approximate surface area is 148 Å². The highest BCUT2D eigenvalue weighted by Crippen LogP contribution is 2.25. The van der Waals surface area contributed by atoms with Crippen LogP contribution < -0.4 is 4.74 Å². The van der Waals surface area contributed by atoms with E-state index in [1.165, 1.54) is 12.1 Å². The number of benzene rings is 1. The van der Waals surface area contributed by atoms with Gasteiger partial charge in [0.05, 0.1) is 18.1 Å². The number of hydrogen-bond donors (Lipinski definition) is 0. The minimum absolute atomic E-state index is 0.0846. The van der Waals surface area contributed by atoms with Crippen LogP contribution in [0, 0.1) is 17.7 Å². The summed E-state index contributed by atoms with van der Waals surface area (Å²) in [6.07, 6.45) is 2.79. The van der Waals surface area contributed by atoms with Gasteiger partial charge in [-0.25, -0.2) is 12.8 Å². The van der Waals surface area contributed by atoms with Gasteiger partial charge in [0.15, 0.2) is 0 Å². The van der Waals surface area contributed by atoms with E-state index in [-0.39, 0.29) is 35.1 Å². The predicted molar refractivity (Wildman–Crippen MR) is 92.6 cm³/mol. The largest absolute Gasteiger partial charge is 0.493 e. The fraction of sp³-hybridized carbons (Fsp3) is 0.611. The van der Waals surface area contributed by atoms with Crippen LogP contribution in [0.25, 0.3) is 0 Å². The van der Waals surface area contributed by atoms with E-state index in [9.17, 15) is 17.6 Å². The standard InChI is InChI=1S/C18H24FNO4S/c19-16-3-5-17(6-4-16)24-13-14-2-1-9-20(12-14)18(21)15-7-10-25(22,23)11-8-15/h3-6,14-15H,1-2,7-13H2. The van der Waals surface area contributed by atoms with Crippen molar-refractivity contribution in [3.05, 3.63) is 30.1 Å². The second-order valence-electron chi connectivity index (χ2n) is 6.98. The lowest BCUT2D eigenvalue weighted by atomic mass is 9.95. The van der Waals surface area contributed by atoms with Gasteiger partial charge >= 0.3 is 0 Å². The average Bonchev–Trinajstić information content (AvgIpc) is 2.61. The van der Waals surface area contributed by atoms with Gasteiger partial charge in [0.1, 0.15) is 21.4 Å². The first-order valence-corrected chi connectivity index (χ1v) is 10.6. The number of ether oxygens (including phenoxy) is 1. The molecule has 2 heterocycles. The van der Waals surface area contributed by atoms with Crippen molar-refractivity contribution in [1.29, 1.82) is 0 Å². The Morgan fingerprint density at radius 1 is 1.16 bits per heavy atom. The van der Waals surface area contributed by atoms with Crippen molar-refractivity contribution in [1.82, 2.24) is 4.90 Å². The molecular weight excluding hydrogens is 345 g/mol. The number of halogens is 1. The van der Waals surface area contributed by atoms with E-state index in [1.807, 2.05) is 4.90 Å². The maximum Gasteiger partial charge on any atom is 0.225 e. The number of carbonyl (C=O) groups is 1. The van der Waals surface area contributed by atoms with Crippen molar-refractivity contribution in [2.75, 3.05) is 31.2 Å². The lowest BCUT2D eigenvalue weighted by molar-refractivity contribution is -0.137. The molecule has 1 amide bonds. The van der Waals surface area contributed by atoms with Gasteiger partial charge in [-0.3, -0.25) is 4.79 Å². The molecule has 0 aliphatic carbocycles. The van der Waals surface area contributed by atoms with E-state index in [2.05, 4.69) is 0 Å². The quantitative estimate of drug-likeness (QED) is 0.817. The molecule has 2 aliphatic heterocycles. The van der Waals surface area contributed by atoms with Crippen LogP contribution in [0.15, 0.2) is 24.3 Å². The smallest absolute Gasteiger partial charge is 0.225 e. The zero-order valence-electron chi connectivity index (χ0n) is 14.2. The van der Waals surface area contributed by atoms with Crippen molar-refractivity contribution in [3.63, 3.8) is 0 Å². The third-order valence-corrected chi connectivity index (χ3v) is 6.75. The van der Waals surface area contributed by atoms with E-state index >= 15 is 0 Å². The van der Waals surface area contributed by atoms with E-state index in [4.69, 9.17) is 4.74 Å². The monoisotopic (exact) mass is 369 g/mol. The fourth-order valence-corrected chi connectivity index (χ4v) is 5.03. The van der Waals surface area contributed by atoms with Crippen LogP contribution in [-0.2, 0) is 14.6 Å². The fourth-order valence-electron chi connectivity index (χ4n) is 3.54. The number of rotatable bonds is 4. The average molecular weight is 369 g/mol. The minimum atomic E-state index is -2.95. The third kappa shape index (κ3) is 4.93. The van der Waals surface area contributed by atoms with Gasteiger partial charge in [0, 0.05) is 24.9 Å². The molecule has 0 saturated carbocycles.